The van der Waals surface area contributed by atoms with Crippen molar-refractivity contribution in [3.05, 3.63) is 13.2 Å². The summed E-state index contributed by atoms with van der Waals surface area (Å²) in [6.45, 7) is 8.27. The molecule has 0 saturated carbocycles. The van der Waals surface area contributed by atoms with Crippen molar-refractivity contribution in [2.45, 2.75) is 110 Å². The second kappa shape index (κ2) is 22.5. The second-order valence-corrected chi connectivity index (χ2v) is 6.09. The number of aliphatic carboxylic acids is 1. The average Bonchev–Trinajstić information content (AvgIpc) is 2.53. The molecule has 0 amide bonds. The van der Waals surface area contributed by atoms with Gasteiger partial charge >= 0.3 is 5.97 Å². The first kappa shape index (κ1) is 23.5. The van der Waals surface area contributed by atoms with Gasteiger partial charge in [0, 0.05) is 6.42 Å². The van der Waals surface area contributed by atoms with Gasteiger partial charge in [0.25, 0.3) is 0 Å². The fourth-order valence-corrected chi connectivity index (χ4v) is 2.65. The molecule has 0 bridgehead atoms. The predicted octanol–water partition coefficient (Wildman–Crippen LogP) is 7.13. The Hall–Kier alpha value is -0.790. The summed E-state index contributed by atoms with van der Waals surface area (Å²) in [4.78, 5) is 10.3. The molecule has 0 radical (unpaired) electrons. The molecule has 0 saturated heterocycles. The summed E-state index contributed by atoms with van der Waals surface area (Å²) < 4.78 is 0. The van der Waals surface area contributed by atoms with Crippen LogP contribution in [-0.2, 0) is 4.79 Å². The third-order valence-electron chi connectivity index (χ3n) is 3.99. The normalized spacial score (nSPS) is 10.0. The fraction of sp³-hybridized carbons (Fsp3) is 0.850. The molecule has 1 N–H and O–H groups in total. The maximum absolute atomic E-state index is 10.3. The molecule has 0 aromatic carbocycles. The first-order chi connectivity index (χ1) is 10.8. The van der Waals surface area contributed by atoms with Gasteiger partial charge in [-0.15, -0.1) is 13.2 Å². The fourth-order valence-electron chi connectivity index (χ4n) is 2.65. The van der Waals surface area contributed by atoms with Crippen molar-refractivity contribution in [2.75, 3.05) is 0 Å². The van der Waals surface area contributed by atoms with E-state index in [9.17, 15) is 4.79 Å². The highest BCUT2D eigenvalue weighted by Crippen LogP contribution is 2.13. The Labute approximate surface area is 139 Å². The zero-order chi connectivity index (χ0) is 16.9. The maximum Gasteiger partial charge on any atom is 0.303 e. The van der Waals surface area contributed by atoms with E-state index >= 15 is 0 Å². The van der Waals surface area contributed by atoms with E-state index in [4.69, 9.17) is 5.11 Å². The molecule has 0 aromatic rings. The Morgan fingerprint density at radius 1 is 0.636 bits per heavy atom. The van der Waals surface area contributed by atoms with Crippen molar-refractivity contribution in [1.29, 1.82) is 0 Å². The second-order valence-electron chi connectivity index (χ2n) is 6.09. The molecular formula is C20H40O2. The molecule has 0 fully saturated rings. The van der Waals surface area contributed by atoms with Gasteiger partial charge in [0.05, 0.1) is 0 Å². The van der Waals surface area contributed by atoms with Crippen molar-refractivity contribution in [2.24, 2.45) is 0 Å². The van der Waals surface area contributed by atoms with E-state index in [0.29, 0.717) is 6.42 Å². The van der Waals surface area contributed by atoms with Crippen LogP contribution in [0.5, 0.6) is 0 Å². The highest BCUT2D eigenvalue weighted by molar-refractivity contribution is 5.66. The summed E-state index contributed by atoms with van der Waals surface area (Å²) in [5.74, 6) is -0.653. The molecular weight excluding hydrogens is 272 g/mol. The molecule has 2 heteroatoms. The minimum Gasteiger partial charge on any atom is -0.481 e. The highest BCUT2D eigenvalue weighted by Gasteiger charge is 1.97. The minimum atomic E-state index is -0.653. The van der Waals surface area contributed by atoms with Crippen LogP contribution in [0.4, 0.5) is 0 Å². The molecule has 132 valence electrons. The average molecular weight is 313 g/mol. The van der Waals surface area contributed by atoms with E-state index in [1.165, 1.54) is 83.5 Å². The number of carbonyl (C=O) groups is 1. The van der Waals surface area contributed by atoms with E-state index in [1.807, 2.05) is 0 Å². The number of unbranched alkanes of at least 4 members (excludes halogenated alkanes) is 14. The van der Waals surface area contributed by atoms with Gasteiger partial charge in [-0.1, -0.05) is 96.8 Å². The Bertz CT molecular complexity index is 214. The molecule has 0 spiro atoms. The van der Waals surface area contributed by atoms with E-state index < -0.39 is 5.97 Å². The Balaban J connectivity index is 0. The Morgan fingerprint density at radius 3 is 1.18 bits per heavy atom. The first-order valence-electron chi connectivity index (χ1n) is 9.49. The third kappa shape index (κ3) is 24.2. The van der Waals surface area contributed by atoms with E-state index in [2.05, 4.69) is 20.1 Å². The highest BCUT2D eigenvalue weighted by atomic mass is 16.4. The number of rotatable bonds is 16. The summed E-state index contributed by atoms with van der Waals surface area (Å²) in [6, 6.07) is 0. The van der Waals surface area contributed by atoms with Crippen molar-refractivity contribution < 1.29 is 9.90 Å². The van der Waals surface area contributed by atoms with Gasteiger partial charge in [-0.2, -0.15) is 0 Å². The van der Waals surface area contributed by atoms with Crippen LogP contribution in [-0.4, -0.2) is 11.1 Å². The van der Waals surface area contributed by atoms with E-state index in [-0.39, 0.29) is 0 Å². The number of hydrogen-bond acceptors (Lipinski definition) is 1. The van der Waals surface area contributed by atoms with Crippen LogP contribution in [0, 0.1) is 0 Å². The van der Waals surface area contributed by atoms with Crippen molar-refractivity contribution in [3.63, 3.8) is 0 Å². The number of carboxylic acid groups (broad SMARTS) is 1. The standard InChI is InChI=1S/C18H36O2.C2H4/c1-2-3-4-5-6-7-8-9-10-11-12-13-14-15-16-17-18(19)20;1-2/h2-17H2,1H3,(H,19,20);1-2H2. The van der Waals surface area contributed by atoms with Gasteiger partial charge in [0.2, 0.25) is 0 Å². The van der Waals surface area contributed by atoms with Crippen molar-refractivity contribution >= 4 is 5.97 Å². The van der Waals surface area contributed by atoms with Crippen LogP contribution in [0.1, 0.15) is 110 Å². The molecule has 0 atom stereocenters. The van der Waals surface area contributed by atoms with Crippen LogP contribution >= 0.6 is 0 Å². The van der Waals surface area contributed by atoms with Gasteiger partial charge in [0.15, 0.2) is 0 Å². The number of hydrogen-bond donors (Lipinski definition) is 1. The lowest BCUT2D eigenvalue weighted by atomic mass is 10.0. The van der Waals surface area contributed by atoms with E-state index in [1.54, 1.807) is 0 Å². The quantitative estimate of drug-likeness (QED) is 0.243. The largest absolute Gasteiger partial charge is 0.481 e. The molecule has 22 heavy (non-hydrogen) atoms. The molecule has 0 aliphatic rings. The van der Waals surface area contributed by atoms with Crippen molar-refractivity contribution in [3.8, 4) is 0 Å². The zero-order valence-electron chi connectivity index (χ0n) is 15.1. The summed E-state index contributed by atoms with van der Waals surface area (Å²) in [5, 5.41) is 8.52. The molecule has 0 unspecified atom stereocenters. The number of carboxylic acids is 1. The summed E-state index contributed by atoms with van der Waals surface area (Å²) in [6.07, 6.45) is 20.2. The van der Waals surface area contributed by atoms with Gasteiger partial charge in [0.1, 0.15) is 0 Å². The molecule has 0 aromatic heterocycles. The first-order valence-corrected chi connectivity index (χ1v) is 9.49. The van der Waals surface area contributed by atoms with Gasteiger partial charge < -0.3 is 5.11 Å². The lowest BCUT2D eigenvalue weighted by molar-refractivity contribution is -0.137. The van der Waals surface area contributed by atoms with Crippen LogP contribution in [0.15, 0.2) is 13.2 Å². The molecule has 0 rings (SSSR count). The lowest BCUT2D eigenvalue weighted by Gasteiger charge is -2.03. The molecule has 0 aliphatic heterocycles. The predicted molar refractivity (Wildman–Crippen MR) is 98.4 cm³/mol. The third-order valence-corrected chi connectivity index (χ3v) is 3.99. The summed E-state index contributed by atoms with van der Waals surface area (Å²) >= 11 is 0. The molecule has 0 heterocycles. The molecule has 0 aliphatic carbocycles. The van der Waals surface area contributed by atoms with Crippen LogP contribution < -0.4 is 0 Å². The Kier molecular flexibility index (Phi) is 24.0. The smallest absolute Gasteiger partial charge is 0.303 e. The van der Waals surface area contributed by atoms with E-state index in [0.717, 1.165) is 12.8 Å². The lowest BCUT2D eigenvalue weighted by Crippen LogP contribution is -1.93. The summed E-state index contributed by atoms with van der Waals surface area (Å²) in [5.41, 5.74) is 0. The Morgan fingerprint density at radius 2 is 0.909 bits per heavy atom. The zero-order valence-corrected chi connectivity index (χ0v) is 15.1. The molecule has 2 nitrogen and oxygen atoms in total. The SMILES string of the molecule is C=C.CCCCCCCCCCCCCCCCCC(=O)O. The van der Waals surface area contributed by atoms with Crippen LogP contribution in [0.2, 0.25) is 0 Å². The maximum atomic E-state index is 10.3. The topological polar surface area (TPSA) is 37.3 Å². The monoisotopic (exact) mass is 312 g/mol. The van der Waals surface area contributed by atoms with Gasteiger partial charge in [-0.3, -0.25) is 4.79 Å². The van der Waals surface area contributed by atoms with Gasteiger partial charge in [-0.05, 0) is 6.42 Å². The summed E-state index contributed by atoms with van der Waals surface area (Å²) in [7, 11) is 0. The minimum absolute atomic E-state index is 0.345. The van der Waals surface area contributed by atoms with Crippen LogP contribution in [0.3, 0.4) is 0 Å². The van der Waals surface area contributed by atoms with Gasteiger partial charge in [-0.25, -0.2) is 0 Å². The van der Waals surface area contributed by atoms with Crippen LogP contribution in [0.25, 0.3) is 0 Å². The van der Waals surface area contributed by atoms with Crippen molar-refractivity contribution in [1.82, 2.24) is 0 Å².